The normalized spacial score (nSPS) is 20.2. The summed E-state index contributed by atoms with van der Waals surface area (Å²) >= 11 is 0. The lowest BCUT2D eigenvalue weighted by atomic mass is 9.90. The molecule has 176 valence electrons. The lowest BCUT2D eigenvalue weighted by Crippen LogP contribution is -2.50. The van der Waals surface area contributed by atoms with Gasteiger partial charge in [-0.15, -0.1) is 0 Å². The number of nitrogens with zero attached hydrogens (tertiary/aromatic N) is 2. The number of nitrogens with one attached hydrogen (secondary N) is 1. The maximum Gasteiger partial charge on any atom is 0.244 e. The van der Waals surface area contributed by atoms with Gasteiger partial charge in [0.2, 0.25) is 11.8 Å². The molecule has 2 aromatic rings. The zero-order valence-corrected chi connectivity index (χ0v) is 20.4. The van der Waals surface area contributed by atoms with E-state index in [9.17, 15) is 9.59 Å². The van der Waals surface area contributed by atoms with Crippen LogP contribution in [0.25, 0.3) is 0 Å². The third kappa shape index (κ3) is 5.30. The van der Waals surface area contributed by atoms with Crippen LogP contribution in [0.2, 0.25) is 0 Å². The van der Waals surface area contributed by atoms with E-state index in [1.165, 1.54) is 16.7 Å². The zero-order valence-electron chi connectivity index (χ0n) is 20.4. The molecule has 33 heavy (non-hydrogen) atoms. The molecular formula is C28H37N3O2. The molecule has 0 bridgehead atoms. The third-order valence-electron chi connectivity index (χ3n) is 7.33. The molecule has 0 unspecified atom stereocenters. The summed E-state index contributed by atoms with van der Waals surface area (Å²) in [6, 6.07) is 14.1. The van der Waals surface area contributed by atoms with Crippen LogP contribution in [0.3, 0.4) is 0 Å². The summed E-state index contributed by atoms with van der Waals surface area (Å²) in [6.07, 6.45) is 2.96. The number of benzene rings is 2. The Morgan fingerprint density at radius 1 is 1.06 bits per heavy atom. The molecule has 0 aliphatic carbocycles. The monoisotopic (exact) mass is 447 g/mol. The fourth-order valence-corrected chi connectivity index (χ4v) is 5.34. The lowest BCUT2D eigenvalue weighted by molar-refractivity contribution is -0.140. The van der Waals surface area contributed by atoms with Crippen LogP contribution in [-0.4, -0.2) is 47.8 Å². The van der Waals surface area contributed by atoms with Crippen LogP contribution < -0.4 is 5.32 Å². The summed E-state index contributed by atoms with van der Waals surface area (Å²) in [5.74, 6) is 0.775. The van der Waals surface area contributed by atoms with Gasteiger partial charge in [-0.1, -0.05) is 55.0 Å². The number of aryl methyl sites for hydroxylation is 2. The molecule has 1 saturated heterocycles. The Morgan fingerprint density at radius 3 is 2.52 bits per heavy atom. The number of likely N-dealkylation sites (tertiary alicyclic amines) is 1. The average Bonchev–Trinajstić information content (AvgIpc) is 2.78. The number of carbonyl (C=O) groups is 2. The summed E-state index contributed by atoms with van der Waals surface area (Å²) in [6.45, 7) is 11.0. The molecule has 2 aliphatic rings. The topological polar surface area (TPSA) is 52.7 Å². The number of hydrogen-bond donors (Lipinski definition) is 1. The van der Waals surface area contributed by atoms with Crippen molar-refractivity contribution in [1.29, 1.82) is 0 Å². The van der Waals surface area contributed by atoms with Gasteiger partial charge in [0.25, 0.3) is 0 Å². The SMILES string of the molecule is Cc1ccc([C@@H](C)NC(=O)CN2CCc3ccccc3[C@H]2C(=O)N2CCC(C)CC2)c(C)c1. The molecule has 2 heterocycles. The first kappa shape index (κ1) is 23.5. The minimum absolute atomic E-state index is 0.0353. The van der Waals surface area contributed by atoms with Crippen LogP contribution in [0.4, 0.5) is 0 Å². The smallest absolute Gasteiger partial charge is 0.244 e. The second-order valence-corrected chi connectivity index (χ2v) is 9.98. The van der Waals surface area contributed by atoms with Crippen LogP contribution in [0.15, 0.2) is 42.5 Å². The summed E-state index contributed by atoms with van der Waals surface area (Å²) in [7, 11) is 0. The molecule has 0 saturated carbocycles. The maximum absolute atomic E-state index is 13.7. The van der Waals surface area contributed by atoms with Crippen molar-refractivity contribution in [2.45, 2.75) is 59.0 Å². The van der Waals surface area contributed by atoms with E-state index in [0.717, 1.165) is 43.5 Å². The van der Waals surface area contributed by atoms with Gasteiger partial charge >= 0.3 is 0 Å². The number of fused-ring (bicyclic) bond motifs is 1. The van der Waals surface area contributed by atoms with Crippen LogP contribution in [-0.2, 0) is 16.0 Å². The molecule has 5 heteroatoms. The van der Waals surface area contributed by atoms with Crippen molar-refractivity contribution in [3.05, 3.63) is 70.3 Å². The zero-order chi connectivity index (χ0) is 23.5. The van der Waals surface area contributed by atoms with Gasteiger partial charge in [-0.25, -0.2) is 0 Å². The Morgan fingerprint density at radius 2 is 1.79 bits per heavy atom. The van der Waals surface area contributed by atoms with E-state index in [2.05, 4.69) is 61.3 Å². The van der Waals surface area contributed by atoms with Gasteiger partial charge in [0.1, 0.15) is 6.04 Å². The Labute approximate surface area is 198 Å². The third-order valence-corrected chi connectivity index (χ3v) is 7.33. The highest BCUT2D eigenvalue weighted by atomic mass is 16.2. The molecular weight excluding hydrogens is 410 g/mol. The van der Waals surface area contributed by atoms with E-state index in [1.807, 2.05) is 24.0 Å². The van der Waals surface area contributed by atoms with Crippen LogP contribution in [0.5, 0.6) is 0 Å². The molecule has 1 fully saturated rings. The largest absolute Gasteiger partial charge is 0.348 e. The van der Waals surface area contributed by atoms with Crippen LogP contribution in [0, 0.1) is 19.8 Å². The van der Waals surface area contributed by atoms with Gasteiger partial charge in [-0.3, -0.25) is 14.5 Å². The summed E-state index contributed by atoms with van der Waals surface area (Å²) in [4.78, 5) is 30.9. The Bertz CT molecular complexity index is 1010. The lowest BCUT2D eigenvalue weighted by Gasteiger charge is -2.40. The second-order valence-electron chi connectivity index (χ2n) is 9.98. The molecule has 1 N–H and O–H groups in total. The number of rotatable bonds is 5. The van der Waals surface area contributed by atoms with Gasteiger partial charge in [0.05, 0.1) is 12.6 Å². The van der Waals surface area contributed by atoms with E-state index in [0.29, 0.717) is 12.5 Å². The maximum atomic E-state index is 13.7. The standard InChI is InChI=1S/C28H37N3O2/c1-19-11-14-30(15-12-19)28(33)27-25-8-6-5-7-23(25)13-16-31(27)18-26(32)29-22(4)24-10-9-20(2)17-21(24)3/h5-10,17,19,22,27H,11-16,18H2,1-4H3,(H,29,32)/t22-,27+/m1/s1. The van der Waals surface area contributed by atoms with E-state index < -0.39 is 0 Å². The number of hydrogen-bond acceptors (Lipinski definition) is 3. The minimum Gasteiger partial charge on any atom is -0.348 e. The predicted molar refractivity (Wildman–Crippen MR) is 132 cm³/mol. The highest BCUT2D eigenvalue weighted by Crippen LogP contribution is 2.32. The summed E-state index contributed by atoms with van der Waals surface area (Å²) in [5.41, 5.74) is 5.81. The molecule has 0 radical (unpaired) electrons. The van der Waals surface area contributed by atoms with E-state index in [4.69, 9.17) is 0 Å². The summed E-state index contributed by atoms with van der Waals surface area (Å²) < 4.78 is 0. The quantitative estimate of drug-likeness (QED) is 0.742. The van der Waals surface area contributed by atoms with Crippen molar-refractivity contribution in [2.24, 2.45) is 5.92 Å². The first-order chi connectivity index (χ1) is 15.8. The number of amides is 2. The first-order valence-corrected chi connectivity index (χ1v) is 12.3. The Hall–Kier alpha value is -2.66. The molecule has 0 spiro atoms. The van der Waals surface area contributed by atoms with Crippen molar-refractivity contribution in [3.63, 3.8) is 0 Å². The van der Waals surface area contributed by atoms with Gasteiger partial charge in [0, 0.05) is 19.6 Å². The van der Waals surface area contributed by atoms with Crippen molar-refractivity contribution < 1.29 is 9.59 Å². The van der Waals surface area contributed by atoms with Crippen LogP contribution in [0.1, 0.15) is 66.6 Å². The minimum atomic E-state index is -0.384. The Kier molecular flexibility index (Phi) is 7.18. The van der Waals surface area contributed by atoms with E-state index in [1.54, 1.807) is 0 Å². The highest BCUT2D eigenvalue weighted by Gasteiger charge is 2.37. The fraction of sp³-hybridized carbons (Fsp3) is 0.500. The predicted octanol–water partition coefficient (Wildman–Crippen LogP) is 4.34. The van der Waals surface area contributed by atoms with Gasteiger partial charge < -0.3 is 10.2 Å². The van der Waals surface area contributed by atoms with E-state index >= 15 is 0 Å². The van der Waals surface area contributed by atoms with Crippen LogP contribution >= 0.6 is 0 Å². The fourth-order valence-electron chi connectivity index (χ4n) is 5.34. The molecule has 4 rings (SSSR count). The Balaban J connectivity index is 1.50. The first-order valence-electron chi connectivity index (χ1n) is 12.3. The van der Waals surface area contributed by atoms with Crippen molar-refractivity contribution in [1.82, 2.24) is 15.1 Å². The molecule has 2 amide bonds. The number of piperidine rings is 1. The molecule has 2 aliphatic heterocycles. The van der Waals surface area contributed by atoms with E-state index in [-0.39, 0.29) is 30.4 Å². The summed E-state index contributed by atoms with van der Waals surface area (Å²) in [5, 5.41) is 3.17. The highest BCUT2D eigenvalue weighted by molar-refractivity contribution is 5.86. The molecule has 5 nitrogen and oxygen atoms in total. The average molecular weight is 448 g/mol. The molecule has 2 atom stereocenters. The second kappa shape index (κ2) is 10.1. The van der Waals surface area contributed by atoms with Crippen molar-refractivity contribution in [3.8, 4) is 0 Å². The molecule has 0 aromatic heterocycles. The van der Waals surface area contributed by atoms with Crippen molar-refractivity contribution in [2.75, 3.05) is 26.2 Å². The number of carbonyl (C=O) groups excluding carboxylic acids is 2. The van der Waals surface area contributed by atoms with Gasteiger partial charge in [-0.2, -0.15) is 0 Å². The van der Waals surface area contributed by atoms with Gasteiger partial charge in [0.15, 0.2) is 0 Å². The molecule has 2 aromatic carbocycles. The van der Waals surface area contributed by atoms with Gasteiger partial charge in [-0.05, 0) is 68.2 Å². The van der Waals surface area contributed by atoms with Crippen molar-refractivity contribution >= 4 is 11.8 Å².